The van der Waals surface area contributed by atoms with Crippen molar-refractivity contribution in [2.45, 2.75) is 55.0 Å². The van der Waals surface area contributed by atoms with E-state index in [-0.39, 0.29) is 11.2 Å². The molecule has 6 heteroatoms. The van der Waals surface area contributed by atoms with Gasteiger partial charge in [0.15, 0.2) is 5.13 Å². The van der Waals surface area contributed by atoms with E-state index in [9.17, 15) is 4.79 Å². The van der Waals surface area contributed by atoms with Gasteiger partial charge in [0, 0.05) is 6.04 Å². The quantitative estimate of drug-likeness (QED) is 0.834. The van der Waals surface area contributed by atoms with Crippen LogP contribution in [-0.4, -0.2) is 22.2 Å². The molecule has 4 nitrogen and oxygen atoms in total. The van der Waals surface area contributed by atoms with Crippen molar-refractivity contribution >= 4 is 34.1 Å². The van der Waals surface area contributed by atoms with Crippen molar-refractivity contribution in [3.05, 3.63) is 5.69 Å². The van der Waals surface area contributed by atoms with Crippen LogP contribution in [-0.2, 0) is 4.79 Å². The number of carbonyl (C=O) groups is 1. The molecule has 0 aliphatic heterocycles. The Balaban J connectivity index is 1.88. The second-order valence-electron chi connectivity index (χ2n) is 4.68. The van der Waals surface area contributed by atoms with E-state index in [0.717, 1.165) is 22.7 Å². The molecule has 100 valence electrons. The van der Waals surface area contributed by atoms with E-state index in [4.69, 9.17) is 5.73 Å². The molecule has 1 fully saturated rings. The number of nitrogens with two attached hydrogens (primary N) is 1. The van der Waals surface area contributed by atoms with Crippen LogP contribution in [0.3, 0.4) is 0 Å². The second kappa shape index (κ2) is 5.93. The van der Waals surface area contributed by atoms with Gasteiger partial charge in [-0.2, -0.15) is 0 Å². The molecule has 1 aliphatic carbocycles. The van der Waals surface area contributed by atoms with Crippen molar-refractivity contribution in [2.24, 2.45) is 0 Å². The van der Waals surface area contributed by atoms with E-state index in [2.05, 4.69) is 10.3 Å². The third-order valence-electron chi connectivity index (χ3n) is 3.13. The first-order valence-corrected chi connectivity index (χ1v) is 7.96. The number of carbonyl (C=O) groups excluding carboxylic acids is 1. The Hall–Kier alpha value is -0.750. The zero-order chi connectivity index (χ0) is 13.1. The number of nitrogens with zero attached hydrogens (tertiary/aromatic N) is 1. The maximum Gasteiger partial charge on any atom is 0.233 e. The first-order chi connectivity index (χ1) is 8.56. The molecule has 1 saturated carbocycles. The Labute approximate surface area is 116 Å². The minimum absolute atomic E-state index is 0.0934. The fourth-order valence-corrected chi connectivity index (χ4v) is 4.27. The predicted molar refractivity (Wildman–Crippen MR) is 77.0 cm³/mol. The number of hydrogen-bond acceptors (Lipinski definition) is 5. The third kappa shape index (κ3) is 3.38. The molecular formula is C12H19N3OS2. The average Bonchev–Trinajstić information content (AvgIpc) is 2.89. The van der Waals surface area contributed by atoms with Gasteiger partial charge in [0.2, 0.25) is 5.91 Å². The van der Waals surface area contributed by atoms with Crippen molar-refractivity contribution in [1.82, 2.24) is 10.3 Å². The molecule has 18 heavy (non-hydrogen) atoms. The lowest BCUT2D eigenvalue weighted by molar-refractivity contribution is -0.120. The molecule has 1 unspecified atom stereocenters. The summed E-state index contributed by atoms with van der Waals surface area (Å²) in [5.41, 5.74) is 6.58. The fourth-order valence-electron chi connectivity index (χ4n) is 2.11. The lowest BCUT2D eigenvalue weighted by Gasteiger charge is -2.15. The van der Waals surface area contributed by atoms with Crippen LogP contribution in [0.4, 0.5) is 5.13 Å². The molecule has 2 rings (SSSR count). The summed E-state index contributed by atoms with van der Waals surface area (Å²) in [7, 11) is 0. The summed E-state index contributed by atoms with van der Waals surface area (Å²) < 4.78 is 1.04. The summed E-state index contributed by atoms with van der Waals surface area (Å²) in [6, 6.07) is 0.383. The number of rotatable bonds is 4. The van der Waals surface area contributed by atoms with Gasteiger partial charge in [-0.15, -0.1) is 11.8 Å². The lowest BCUT2D eigenvalue weighted by Crippen LogP contribution is -2.37. The van der Waals surface area contributed by atoms with Gasteiger partial charge in [-0.25, -0.2) is 4.98 Å². The van der Waals surface area contributed by atoms with Crippen LogP contribution in [0, 0.1) is 6.92 Å². The Kier molecular flexibility index (Phi) is 4.50. The topological polar surface area (TPSA) is 68.0 Å². The van der Waals surface area contributed by atoms with E-state index >= 15 is 0 Å². The molecule has 1 amide bonds. The summed E-state index contributed by atoms with van der Waals surface area (Å²) in [5.74, 6) is 0.123. The summed E-state index contributed by atoms with van der Waals surface area (Å²) >= 11 is 3.00. The van der Waals surface area contributed by atoms with Gasteiger partial charge < -0.3 is 11.1 Å². The van der Waals surface area contributed by atoms with E-state index in [1.807, 2.05) is 13.8 Å². The van der Waals surface area contributed by atoms with Crippen LogP contribution in [0.2, 0.25) is 0 Å². The zero-order valence-corrected chi connectivity index (χ0v) is 12.4. The average molecular weight is 285 g/mol. The maximum absolute atomic E-state index is 12.0. The lowest BCUT2D eigenvalue weighted by atomic mass is 10.2. The van der Waals surface area contributed by atoms with Gasteiger partial charge >= 0.3 is 0 Å². The number of nitrogen functional groups attached to an aromatic ring is 1. The molecule has 1 aromatic rings. The Morgan fingerprint density at radius 2 is 2.22 bits per heavy atom. The van der Waals surface area contributed by atoms with Gasteiger partial charge in [0.25, 0.3) is 0 Å². The van der Waals surface area contributed by atoms with Crippen molar-refractivity contribution in [2.75, 3.05) is 5.73 Å². The molecule has 0 radical (unpaired) electrons. The predicted octanol–water partition coefficient (Wildman–Crippen LogP) is 2.57. The van der Waals surface area contributed by atoms with E-state index in [1.165, 1.54) is 24.2 Å². The van der Waals surface area contributed by atoms with Crippen LogP contribution in [0.15, 0.2) is 4.21 Å². The molecule has 0 aromatic carbocycles. The molecule has 0 saturated heterocycles. The van der Waals surface area contributed by atoms with Gasteiger partial charge in [-0.05, 0) is 26.7 Å². The van der Waals surface area contributed by atoms with E-state index in [1.54, 1.807) is 11.8 Å². The van der Waals surface area contributed by atoms with Crippen molar-refractivity contribution in [1.29, 1.82) is 0 Å². The first-order valence-electron chi connectivity index (χ1n) is 6.26. The highest BCUT2D eigenvalue weighted by atomic mass is 32.2. The molecule has 1 atom stereocenters. The molecule has 0 bridgehead atoms. The Morgan fingerprint density at radius 3 is 2.78 bits per heavy atom. The summed E-state index contributed by atoms with van der Waals surface area (Å²) in [6.07, 6.45) is 4.71. The largest absolute Gasteiger partial charge is 0.375 e. The Bertz CT molecular complexity index is 427. The normalized spacial score (nSPS) is 17.9. The van der Waals surface area contributed by atoms with Crippen LogP contribution >= 0.6 is 23.1 Å². The zero-order valence-electron chi connectivity index (χ0n) is 10.7. The maximum atomic E-state index is 12.0. The molecule has 1 heterocycles. The number of thioether (sulfide) groups is 1. The van der Waals surface area contributed by atoms with Crippen molar-refractivity contribution < 1.29 is 4.79 Å². The monoisotopic (exact) mass is 285 g/mol. The minimum Gasteiger partial charge on any atom is -0.375 e. The van der Waals surface area contributed by atoms with E-state index in [0.29, 0.717) is 11.2 Å². The third-order valence-corrected chi connectivity index (χ3v) is 5.52. The number of amides is 1. The van der Waals surface area contributed by atoms with Crippen molar-refractivity contribution in [3.63, 3.8) is 0 Å². The summed E-state index contributed by atoms with van der Waals surface area (Å²) in [4.78, 5) is 16.2. The molecule has 0 spiro atoms. The highest BCUT2D eigenvalue weighted by Crippen LogP contribution is 2.33. The number of nitrogens with one attached hydrogen (secondary N) is 1. The second-order valence-corrected chi connectivity index (χ2v) is 7.32. The van der Waals surface area contributed by atoms with Crippen LogP contribution < -0.4 is 11.1 Å². The van der Waals surface area contributed by atoms with Crippen LogP contribution in [0.1, 0.15) is 38.3 Å². The highest BCUT2D eigenvalue weighted by Gasteiger charge is 2.22. The number of anilines is 1. The molecule has 3 N–H and O–H groups in total. The SMILES string of the molecule is Cc1nc(N)sc1SC(C)C(=O)NC1CCCC1. The summed E-state index contributed by atoms with van der Waals surface area (Å²) in [5, 5.41) is 3.59. The smallest absolute Gasteiger partial charge is 0.233 e. The standard InChI is InChI=1S/C12H19N3OS2/c1-7-11(18-12(13)14-7)17-8(2)10(16)15-9-5-3-4-6-9/h8-9H,3-6H2,1-2H3,(H2,13,14)(H,15,16). The van der Waals surface area contributed by atoms with Crippen LogP contribution in [0.25, 0.3) is 0 Å². The molecule has 1 aromatic heterocycles. The first kappa shape index (κ1) is 13.7. The number of hydrogen-bond donors (Lipinski definition) is 2. The van der Waals surface area contributed by atoms with Gasteiger partial charge in [-0.3, -0.25) is 4.79 Å². The highest BCUT2D eigenvalue weighted by molar-refractivity contribution is 8.02. The number of aryl methyl sites for hydroxylation is 1. The van der Waals surface area contributed by atoms with Crippen LogP contribution in [0.5, 0.6) is 0 Å². The summed E-state index contributed by atoms with van der Waals surface area (Å²) in [6.45, 7) is 3.86. The molecular weight excluding hydrogens is 266 g/mol. The van der Waals surface area contributed by atoms with E-state index < -0.39 is 0 Å². The fraction of sp³-hybridized carbons (Fsp3) is 0.667. The Morgan fingerprint density at radius 1 is 1.56 bits per heavy atom. The molecule has 1 aliphatic rings. The minimum atomic E-state index is -0.0934. The van der Waals surface area contributed by atoms with Crippen molar-refractivity contribution in [3.8, 4) is 0 Å². The van der Waals surface area contributed by atoms with Gasteiger partial charge in [0.05, 0.1) is 15.2 Å². The van der Waals surface area contributed by atoms with Gasteiger partial charge in [-0.1, -0.05) is 24.2 Å². The van der Waals surface area contributed by atoms with Gasteiger partial charge in [0.1, 0.15) is 0 Å². The number of aromatic nitrogens is 1. The number of thiazole rings is 1.